The molecule has 2 aromatic carbocycles. The fourth-order valence-corrected chi connectivity index (χ4v) is 3.39. The van der Waals surface area contributed by atoms with Crippen LogP contribution in [0.2, 0.25) is 0 Å². The van der Waals surface area contributed by atoms with E-state index in [1.54, 1.807) is 0 Å². The Kier molecular flexibility index (Phi) is 7.94. The van der Waals surface area contributed by atoms with Gasteiger partial charge in [-0.3, -0.25) is 4.79 Å². The molecule has 0 saturated heterocycles. The van der Waals surface area contributed by atoms with Gasteiger partial charge in [-0.25, -0.2) is 0 Å². The molecule has 0 heterocycles. The lowest BCUT2D eigenvalue weighted by Crippen LogP contribution is -2.21. The standard InChI is InChI=1S/C26H37NO3/c1-8-29-23-12-10-9-11-21(23)27-24(28)18-30-22-14-13-19(16-25(2,3)4)15-20(22)17-26(5,6)7/h9-15H,8,16-18H2,1-7H3,(H,27,28). The molecule has 4 heteroatoms. The van der Waals surface area contributed by atoms with Crippen molar-refractivity contribution in [2.75, 3.05) is 18.5 Å². The molecule has 0 aliphatic rings. The van der Waals surface area contributed by atoms with Crippen LogP contribution in [0.15, 0.2) is 42.5 Å². The minimum atomic E-state index is -0.206. The molecular weight excluding hydrogens is 374 g/mol. The summed E-state index contributed by atoms with van der Waals surface area (Å²) in [5.74, 6) is 1.23. The van der Waals surface area contributed by atoms with E-state index >= 15 is 0 Å². The zero-order valence-electron chi connectivity index (χ0n) is 19.6. The van der Waals surface area contributed by atoms with E-state index in [2.05, 4.69) is 59.0 Å². The van der Waals surface area contributed by atoms with Gasteiger partial charge in [-0.2, -0.15) is 0 Å². The first kappa shape index (κ1) is 23.8. The first-order chi connectivity index (χ1) is 14.0. The van der Waals surface area contributed by atoms with Gasteiger partial charge in [0, 0.05) is 0 Å². The topological polar surface area (TPSA) is 47.6 Å². The van der Waals surface area contributed by atoms with Crippen LogP contribution < -0.4 is 14.8 Å². The monoisotopic (exact) mass is 411 g/mol. The minimum Gasteiger partial charge on any atom is -0.492 e. The number of hydrogen-bond acceptors (Lipinski definition) is 3. The number of carbonyl (C=O) groups is 1. The van der Waals surface area contributed by atoms with Gasteiger partial charge < -0.3 is 14.8 Å². The maximum Gasteiger partial charge on any atom is 0.262 e. The average Bonchev–Trinajstić information content (AvgIpc) is 2.60. The van der Waals surface area contributed by atoms with Gasteiger partial charge in [0.1, 0.15) is 11.5 Å². The summed E-state index contributed by atoms with van der Waals surface area (Å²) in [6.45, 7) is 15.8. The molecule has 0 bridgehead atoms. The fourth-order valence-electron chi connectivity index (χ4n) is 3.39. The van der Waals surface area contributed by atoms with Crippen LogP contribution >= 0.6 is 0 Å². The van der Waals surface area contributed by atoms with Crippen molar-refractivity contribution in [3.8, 4) is 11.5 Å². The summed E-state index contributed by atoms with van der Waals surface area (Å²) in [4.78, 5) is 12.5. The van der Waals surface area contributed by atoms with Crippen molar-refractivity contribution in [2.45, 2.75) is 61.3 Å². The van der Waals surface area contributed by atoms with Gasteiger partial charge in [0.05, 0.1) is 12.3 Å². The van der Waals surface area contributed by atoms with Crippen LogP contribution in [-0.4, -0.2) is 19.1 Å². The highest BCUT2D eigenvalue weighted by molar-refractivity contribution is 5.93. The molecule has 30 heavy (non-hydrogen) atoms. The molecule has 1 N–H and O–H groups in total. The molecule has 0 aliphatic heterocycles. The zero-order chi connectivity index (χ0) is 22.4. The van der Waals surface area contributed by atoms with Crippen molar-refractivity contribution < 1.29 is 14.3 Å². The van der Waals surface area contributed by atoms with Gasteiger partial charge in [-0.1, -0.05) is 65.8 Å². The van der Waals surface area contributed by atoms with Gasteiger partial charge in [0.15, 0.2) is 6.61 Å². The third-order valence-electron chi connectivity index (χ3n) is 4.40. The second kappa shape index (κ2) is 10.0. The van der Waals surface area contributed by atoms with Gasteiger partial charge in [0.25, 0.3) is 5.91 Å². The van der Waals surface area contributed by atoms with Crippen molar-refractivity contribution in [2.24, 2.45) is 10.8 Å². The maximum absolute atomic E-state index is 12.5. The van der Waals surface area contributed by atoms with Gasteiger partial charge in [-0.05, 0) is 59.9 Å². The summed E-state index contributed by atoms with van der Waals surface area (Å²) in [6, 6.07) is 13.8. The molecule has 164 valence electrons. The average molecular weight is 412 g/mol. The molecule has 2 rings (SSSR count). The van der Waals surface area contributed by atoms with Crippen LogP contribution in [-0.2, 0) is 17.6 Å². The molecule has 2 aromatic rings. The third kappa shape index (κ3) is 8.10. The van der Waals surface area contributed by atoms with Crippen molar-refractivity contribution in [1.82, 2.24) is 0 Å². The van der Waals surface area contributed by atoms with Crippen LogP contribution in [0.1, 0.15) is 59.6 Å². The number of para-hydroxylation sites is 2. The minimum absolute atomic E-state index is 0.0454. The highest BCUT2D eigenvalue weighted by Gasteiger charge is 2.18. The highest BCUT2D eigenvalue weighted by Crippen LogP contribution is 2.31. The number of rotatable bonds is 8. The summed E-state index contributed by atoms with van der Waals surface area (Å²) in [6.07, 6.45) is 1.88. The van der Waals surface area contributed by atoms with Crippen LogP contribution in [0.5, 0.6) is 11.5 Å². The summed E-state index contributed by atoms with van der Waals surface area (Å²) < 4.78 is 11.5. The van der Waals surface area contributed by atoms with Crippen molar-refractivity contribution >= 4 is 11.6 Å². The van der Waals surface area contributed by atoms with E-state index in [9.17, 15) is 4.79 Å². The second-order valence-corrected chi connectivity index (χ2v) is 10.2. The molecule has 4 nitrogen and oxygen atoms in total. The van der Waals surface area contributed by atoms with Crippen LogP contribution in [0, 0.1) is 10.8 Å². The Morgan fingerprint density at radius 3 is 2.17 bits per heavy atom. The van der Waals surface area contributed by atoms with Crippen LogP contribution in [0.4, 0.5) is 5.69 Å². The maximum atomic E-state index is 12.5. The number of ether oxygens (including phenoxy) is 2. The number of nitrogens with one attached hydrogen (secondary N) is 1. The Morgan fingerprint density at radius 1 is 0.867 bits per heavy atom. The van der Waals surface area contributed by atoms with Crippen LogP contribution in [0.3, 0.4) is 0 Å². The number of hydrogen-bond donors (Lipinski definition) is 1. The number of benzene rings is 2. The summed E-state index contributed by atoms with van der Waals surface area (Å²) >= 11 is 0. The normalized spacial score (nSPS) is 11.8. The predicted octanol–water partition coefficient (Wildman–Crippen LogP) is 6.28. The SMILES string of the molecule is CCOc1ccccc1NC(=O)COc1ccc(CC(C)(C)C)cc1CC(C)(C)C. The van der Waals surface area contributed by atoms with Crippen LogP contribution in [0.25, 0.3) is 0 Å². The highest BCUT2D eigenvalue weighted by atomic mass is 16.5. The molecule has 0 saturated carbocycles. The van der Waals surface area contributed by atoms with E-state index in [1.165, 1.54) is 5.56 Å². The van der Waals surface area contributed by atoms with E-state index in [-0.39, 0.29) is 23.3 Å². The molecule has 0 spiro atoms. The Hall–Kier alpha value is -2.49. The smallest absolute Gasteiger partial charge is 0.262 e. The molecule has 0 fully saturated rings. The molecule has 0 aromatic heterocycles. The first-order valence-electron chi connectivity index (χ1n) is 10.7. The van der Waals surface area contributed by atoms with Crippen molar-refractivity contribution in [1.29, 1.82) is 0 Å². The van der Waals surface area contributed by atoms with E-state index < -0.39 is 0 Å². The zero-order valence-corrected chi connectivity index (χ0v) is 19.6. The summed E-state index contributed by atoms with van der Waals surface area (Å²) in [7, 11) is 0. The molecule has 0 radical (unpaired) electrons. The Balaban J connectivity index is 2.12. The number of anilines is 1. The summed E-state index contributed by atoms with van der Waals surface area (Å²) in [5, 5.41) is 2.89. The first-order valence-corrected chi connectivity index (χ1v) is 10.7. The van der Waals surface area contributed by atoms with Crippen molar-refractivity contribution in [3.05, 3.63) is 53.6 Å². The molecular formula is C26H37NO3. The third-order valence-corrected chi connectivity index (χ3v) is 4.40. The molecule has 0 unspecified atom stereocenters. The van der Waals surface area contributed by atoms with Gasteiger partial charge >= 0.3 is 0 Å². The van der Waals surface area contributed by atoms with E-state index in [0.717, 1.165) is 24.2 Å². The largest absolute Gasteiger partial charge is 0.492 e. The number of carbonyl (C=O) groups excluding carboxylic acids is 1. The predicted molar refractivity (Wildman–Crippen MR) is 124 cm³/mol. The molecule has 0 aliphatic carbocycles. The lowest BCUT2D eigenvalue weighted by atomic mass is 9.84. The Bertz CT molecular complexity index is 844. The second-order valence-electron chi connectivity index (χ2n) is 10.2. The molecule has 1 amide bonds. The fraction of sp³-hybridized carbons (Fsp3) is 0.500. The quantitative estimate of drug-likeness (QED) is 0.556. The summed E-state index contributed by atoms with van der Waals surface area (Å²) in [5.41, 5.74) is 3.44. The number of amides is 1. The lowest BCUT2D eigenvalue weighted by molar-refractivity contribution is -0.118. The Labute approximate surface area is 182 Å². The lowest BCUT2D eigenvalue weighted by Gasteiger charge is -2.23. The van der Waals surface area contributed by atoms with E-state index in [4.69, 9.17) is 9.47 Å². The molecule has 0 atom stereocenters. The van der Waals surface area contributed by atoms with E-state index in [0.29, 0.717) is 18.0 Å². The van der Waals surface area contributed by atoms with Gasteiger partial charge in [0.2, 0.25) is 0 Å². The van der Waals surface area contributed by atoms with Gasteiger partial charge in [-0.15, -0.1) is 0 Å². The van der Waals surface area contributed by atoms with E-state index in [1.807, 2.05) is 37.3 Å². The van der Waals surface area contributed by atoms with Crippen molar-refractivity contribution in [3.63, 3.8) is 0 Å². The Morgan fingerprint density at radius 2 is 1.53 bits per heavy atom.